The van der Waals surface area contributed by atoms with Crippen molar-refractivity contribution in [3.63, 3.8) is 0 Å². The highest BCUT2D eigenvalue weighted by atomic mass is 35.5. The number of hydrogen-bond acceptors (Lipinski definition) is 3. The van der Waals surface area contributed by atoms with Crippen LogP contribution in [0.3, 0.4) is 0 Å². The van der Waals surface area contributed by atoms with Crippen LogP contribution < -0.4 is 5.32 Å². The first kappa shape index (κ1) is 19.0. The van der Waals surface area contributed by atoms with Gasteiger partial charge in [-0.3, -0.25) is 0 Å². The predicted molar refractivity (Wildman–Crippen MR) is 102 cm³/mol. The van der Waals surface area contributed by atoms with Gasteiger partial charge >= 0.3 is 0 Å². The number of halogens is 1. The molecule has 0 saturated carbocycles. The van der Waals surface area contributed by atoms with Crippen molar-refractivity contribution in [2.75, 3.05) is 0 Å². The highest BCUT2D eigenvalue weighted by molar-refractivity contribution is 7.80. The quantitative estimate of drug-likeness (QED) is 0.377. The van der Waals surface area contributed by atoms with Crippen molar-refractivity contribution in [1.82, 2.24) is 5.32 Å². The van der Waals surface area contributed by atoms with E-state index in [9.17, 15) is 10.2 Å². The number of rotatable bonds is 6. The van der Waals surface area contributed by atoms with Crippen LogP contribution in [0.1, 0.15) is 25.0 Å². The Morgan fingerprint density at radius 2 is 1.96 bits per heavy atom. The van der Waals surface area contributed by atoms with Gasteiger partial charge in [0.05, 0.1) is 10.7 Å². The molecule has 0 saturated heterocycles. The maximum atomic E-state index is 10.0. The lowest BCUT2D eigenvalue weighted by Crippen LogP contribution is -2.18. The van der Waals surface area contributed by atoms with E-state index in [-0.39, 0.29) is 16.7 Å². The van der Waals surface area contributed by atoms with Gasteiger partial charge < -0.3 is 15.5 Å². The Labute approximate surface area is 147 Å². The van der Waals surface area contributed by atoms with Crippen LogP contribution in [0.4, 0.5) is 0 Å². The molecule has 0 atom stereocenters. The fraction of sp³-hybridized carbons (Fsp3) is 0.167. The number of allylic oxidation sites excluding steroid dienone is 5. The maximum absolute atomic E-state index is 10.0. The van der Waals surface area contributed by atoms with Crippen LogP contribution in [0.2, 0.25) is 0 Å². The summed E-state index contributed by atoms with van der Waals surface area (Å²) in [5.41, 5.74) is 2.46. The minimum atomic E-state index is -0.185. The normalized spacial score (nSPS) is 13.3. The average Bonchev–Trinajstić information content (AvgIpc) is 2.46. The van der Waals surface area contributed by atoms with Crippen molar-refractivity contribution in [1.29, 1.82) is 0 Å². The van der Waals surface area contributed by atoms with E-state index in [0.717, 1.165) is 11.1 Å². The Balaban J connectivity index is 3.25. The van der Waals surface area contributed by atoms with E-state index in [2.05, 4.69) is 11.9 Å². The molecule has 0 heterocycles. The number of thiocarbonyl (C=S) groups is 1. The monoisotopic (exact) mass is 349 g/mol. The summed E-state index contributed by atoms with van der Waals surface area (Å²) in [5.74, 6) is 0.0211. The first-order chi connectivity index (χ1) is 10.8. The summed E-state index contributed by atoms with van der Waals surface area (Å²) in [6.07, 6.45) is 5.66. The van der Waals surface area contributed by atoms with Gasteiger partial charge in [-0.25, -0.2) is 0 Å². The minimum absolute atomic E-state index is 0.185. The van der Waals surface area contributed by atoms with E-state index in [4.69, 9.17) is 23.8 Å². The van der Waals surface area contributed by atoms with E-state index in [1.165, 1.54) is 0 Å². The lowest BCUT2D eigenvalue weighted by molar-refractivity contribution is 0.393. The summed E-state index contributed by atoms with van der Waals surface area (Å²) in [4.78, 5) is 0.421. The standard InChI is InChI=1S/C18H20ClNO2S/c1-4-7-14(10-12(2)21)11-15-8-5-6-9-16(15)17(19)18(22)20-13(3)23/h4-10,21-22H,1,11H2,2-3H3,(H,20,23)/b12-10+,14-7+,18-17-. The SMILES string of the molecule is C=C/C=C(\C=C(/C)O)Cc1ccccc1/C(Cl)=C(/O)NC(C)=S. The molecule has 0 aliphatic heterocycles. The third kappa shape index (κ3) is 6.30. The summed E-state index contributed by atoms with van der Waals surface area (Å²) in [7, 11) is 0. The molecule has 0 aliphatic rings. The molecule has 122 valence electrons. The number of benzene rings is 1. The summed E-state index contributed by atoms with van der Waals surface area (Å²) >= 11 is 11.2. The largest absolute Gasteiger partial charge is 0.513 e. The summed E-state index contributed by atoms with van der Waals surface area (Å²) in [5, 5.41) is 22.3. The molecule has 3 nitrogen and oxygen atoms in total. The third-order valence-electron chi connectivity index (χ3n) is 2.88. The van der Waals surface area contributed by atoms with Crippen LogP contribution in [0, 0.1) is 0 Å². The van der Waals surface area contributed by atoms with Crippen molar-refractivity contribution >= 4 is 33.8 Å². The third-order valence-corrected chi connectivity index (χ3v) is 3.36. The average molecular weight is 350 g/mol. The molecule has 0 fully saturated rings. The summed E-state index contributed by atoms with van der Waals surface area (Å²) in [6.45, 7) is 6.94. The van der Waals surface area contributed by atoms with E-state index in [1.54, 1.807) is 26.0 Å². The topological polar surface area (TPSA) is 52.5 Å². The zero-order valence-corrected chi connectivity index (χ0v) is 14.7. The van der Waals surface area contributed by atoms with Crippen molar-refractivity contribution in [3.8, 4) is 0 Å². The second-order valence-corrected chi connectivity index (χ2v) is 5.93. The van der Waals surface area contributed by atoms with E-state index >= 15 is 0 Å². The van der Waals surface area contributed by atoms with Gasteiger partial charge in [-0.1, -0.05) is 66.8 Å². The second kappa shape index (κ2) is 9.18. The van der Waals surface area contributed by atoms with Gasteiger partial charge in [0.25, 0.3) is 0 Å². The molecule has 0 aliphatic carbocycles. The predicted octanol–water partition coefficient (Wildman–Crippen LogP) is 5.16. The van der Waals surface area contributed by atoms with Crippen molar-refractivity contribution in [2.45, 2.75) is 20.3 Å². The number of hydrogen-bond donors (Lipinski definition) is 3. The highest BCUT2D eigenvalue weighted by Crippen LogP contribution is 2.27. The van der Waals surface area contributed by atoms with Crippen molar-refractivity contribution in [2.24, 2.45) is 0 Å². The number of aliphatic hydroxyl groups is 2. The Morgan fingerprint density at radius 3 is 2.52 bits per heavy atom. The van der Waals surface area contributed by atoms with E-state index < -0.39 is 0 Å². The molecule has 1 aromatic carbocycles. The molecule has 0 amide bonds. The van der Waals surface area contributed by atoms with Gasteiger partial charge in [-0.15, -0.1) is 0 Å². The van der Waals surface area contributed by atoms with Gasteiger partial charge in [0, 0.05) is 5.56 Å². The van der Waals surface area contributed by atoms with E-state index in [1.807, 2.05) is 30.3 Å². The first-order valence-corrected chi connectivity index (χ1v) is 7.77. The van der Waals surface area contributed by atoms with Gasteiger partial charge in [-0.05, 0) is 37.5 Å². The minimum Gasteiger partial charge on any atom is -0.513 e. The van der Waals surface area contributed by atoms with Gasteiger partial charge in [0.1, 0.15) is 5.03 Å². The summed E-state index contributed by atoms with van der Waals surface area (Å²) < 4.78 is 0. The molecule has 0 unspecified atom stereocenters. The van der Waals surface area contributed by atoms with Crippen LogP contribution in [-0.4, -0.2) is 15.2 Å². The Bertz CT molecular complexity index is 686. The fourth-order valence-corrected chi connectivity index (χ4v) is 2.36. The molecule has 3 N–H and O–H groups in total. The van der Waals surface area contributed by atoms with Crippen LogP contribution >= 0.6 is 23.8 Å². The van der Waals surface area contributed by atoms with Crippen LogP contribution in [0.5, 0.6) is 0 Å². The van der Waals surface area contributed by atoms with Crippen LogP contribution in [0.15, 0.2) is 66.3 Å². The Hall–Kier alpha value is -2.04. The van der Waals surface area contributed by atoms with Gasteiger partial charge in [-0.2, -0.15) is 0 Å². The molecule has 0 aromatic heterocycles. The molecular formula is C18H20ClNO2S. The smallest absolute Gasteiger partial charge is 0.209 e. The molecular weight excluding hydrogens is 330 g/mol. The Morgan fingerprint density at radius 1 is 1.30 bits per heavy atom. The summed E-state index contributed by atoms with van der Waals surface area (Å²) in [6, 6.07) is 7.45. The van der Waals surface area contributed by atoms with Gasteiger partial charge in [0.2, 0.25) is 5.88 Å². The molecule has 5 heteroatoms. The second-order valence-electron chi connectivity index (χ2n) is 4.94. The zero-order valence-electron chi connectivity index (χ0n) is 13.1. The van der Waals surface area contributed by atoms with Crippen LogP contribution in [0.25, 0.3) is 5.03 Å². The number of nitrogens with one attached hydrogen (secondary N) is 1. The highest BCUT2D eigenvalue weighted by Gasteiger charge is 2.12. The molecule has 23 heavy (non-hydrogen) atoms. The van der Waals surface area contributed by atoms with Crippen molar-refractivity contribution in [3.05, 3.63) is 77.4 Å². The van der Waals surface area contributed by atoms with Crippen LogP contribution in [-0.2, 0) is 6.42 Å². The molecule has 0 spiro atoms. The zero-order chi connectivity index (χ0) is 17.4. The fourth-order valence-electron chi connectivity index (χ4n) is 2.04. The van der Waals surface area contributed by atoms with Crippen molar-refractivity contribution < 1.29 is 10.2 Å². The number of aliphatic hydroxyl groups excluding tert-OH is 2. The maximum Gasteiger partial charge on any atom is 0.209 e. The molecule has 1 aromatic rings. The lowest BCUT2D eigenvalue weighted by atomic mass is 9.98. The molecule has 0 bridgehead atoms. The van der Waals surface area contributed by atoms with E-state index in [0.29, 0.717) is 17.0 Å². The first-order valence-electron chi connectivity index (χ1n) is 6.98. The molecule has 1 rings (SSSR count). The molecule has 0 radical (unpaired) electrons. The lowest BCUT2D eigenvalue weighted by Gasteiger charge is -2.12. The Kier molecular flexibility index (Phi) is 7.59. The van der Waals surface area contributed by atoms with Gasteiger partial charge in [0.15, 0.2) is 0 Å².